The van der Waals surface area contributed by atoms with Gasteiger partial charge in [0.25, 0.3) is 0 Å². The zero-order valence-corrected chi connectivity index (χ0v) is 40.1. The van der Waals surface area contributed by atoms with Crippen LogP contribution in [-0.2, 0) is 32.4 Å². The van der Waals surface area contributed by atoms with Gasteiger partial charge >= 0.3 is 0 Å². The Labute approximate surface area is 380 Å². The molecule has 4 aliphatic carbocycles. The van der Waals surface area contributed by atoms with E-state index >= 15 is 0 Å². The first-order valence-corrected chi connectivity index (χ1v) is 22.0. The standard InChI is InChI=1S/C24H24N4O.2C14H22O2.Co/c1-28-17-11-14-8-15(12-17)10-16(9-14)20(28)13-27-23-18-4-2-6-25-21(18)22-19(24(23)29)5-3-7-26-22;2*1-13(2,3)9-7-10(14(4,5)6)12(16)11(15)8-9;/h2-7,13-17H,8-12H2,1H3;7-8,15-16H,1-6H3;7-9,15H,1-6H3;/b20-13+,27-23?;;;. The van der Waals surface area contributed by atoms with Crippen LogP contribution in [0.15, 0.2) is 89.2 Å². The average Bonchev–Trinajstić information content (AvgIpc) is 3.30. The quantitative estimate of drug-likeness (QED) is 0.206. The van der Waals surface area contributed by atoms with Gasteiger partial charge in [-0.25, -0.2) is 0 Å². The number of ketones is 2. The molecule has 0 spiro atoms. The van der Waals surface area contributed by atoms with Crippen molar-refractivity contribution in [3.8, 4) is 22.9 Å². The Morgan fingerprint density at radius 1 is 0.710 bits per heavy atom. The van der Waals surface area contributed by atoms with Crippen LogP contribution in [0.3, 0.4) is 0 Å². The van der Waals surface area contributed by atoms with Gasteiger partial charge in [-0.1, -0.05) is 95.2 Å². The van der Waals surface area contributed by atoms with E-state index < -0.39 is 0 Å². The number of carbonyl (C=O) groups is 2. The Morgan fingerprint density at radius 3 is 1.81 bits per heavy atom. The van der Waals surface area contributed by atoms with Gasteiger partial charge in [0.05, 0.1) is 11.3 Å². The number of allylic oxidation sites excluding steroid dienone is 4. The Hall–Kier alpha value is -4.54. The zero-order valence-electron chi connectivity index (χ0n) is 39.1. The summed E-state index contributed by atoms with van der Waals surface area (Å²) in [5, 5.41) is 29.3. The van der Waals surface area contributed by atoms with Crippen LogP contribution in [-0.4, -0.2) is 60.6 Å². The summed E-state index contributed by atoms with van der Waals surface area (Å²) in [6, 6.07) is 11.7. The number of Topliss-reactive ketones (excluding diaryl/α,β-unsaturated/α-hetero) is 2. The molecular weight excluding hydrogens is 820 g/mol. The fraction of sp³-hybridized carbons (Fsp3) is 0.519. The number of aliphatic hydroxyl groups is 1. The van der Waals surface area contributed by atoms with E-state index in [1.807, 2.05) is 78.1 Å². The summed E-state index contributed by atoms with van der Waals surface area (Å²) in [5.41, 5.74) is 6.68. The first-order chi connectivity index (χ1) is 28.3. The third-order valence-corrected chi connectivity index (χ3v) is 13.1. The van der Waals surface area contributed by atoms with Crippen LogP contribution in [0.5, 0.6) is 11.5 Å². The van der Waals surface area contributed by atoms with Crippen LogP contribution in [0.1, 0.15) is 142 Å². The number of carbonyl (C=O) groups excluding carboxylic acids is 2. The van der Waals surface area contributed by atoms with Crippen molar-refractivity contribution in [2.75, 3.05) is 7.05 Å². The second-order valence-corrected chi connectivity index (χ2v) is 22.0. The minimum absolute atomic E-state index is 0. The van der Waals surface area contributed by atoms with Crippen LogP contribution < -0.4 is 0 Å². The van der Waals surface area contributed by atoms with Crippen LogP contribution in [0.4, 0.5) is 0 Å². The smallest absolute Gasteiger partial charge is 0.223 e. The molecule has 9 rings (SSSR count). The van der Waals surface area contributed by atoms with E-state index in [4.69, 9.17) is 4.99 Å². The van der Waals surface area contributed by atoms with E-state index in [0.717, 1.165) is 34.2 Å². The second kappa shape index (κ2) is 17.9. The number of aromatic nitrogens is 2. The molecule has 0 amide bonds. The van der Waals surface area contributed by atoms with Gasteiger partial charge in [0.15, 0.2) is 17.3 Å². The van der Waals surface area contributed by atoms with E-state index in [2.05, 4.69) is 63.5 Å². The van der Waals surface area contributed by atoms with Gasteiger partial charge in [0.2, 0.25) is 11.6 Å². The molecule has 3 aromatic rings. The largest absolute Gasteiger partial charge is 0.504 e. The van der Waals surface area contributed by atoms with Crippen molar-refractivity contribution >= 4 is 17.3 Å². The first kappa shape index (κ1) is 48.5. The van der Waals surface area contributed by atoms with E-state index in [0.29, 0.717) is 34.5 Å². The van der Waals surface area contributed by atoms with Crippen LogP contribution >= 0.6 is 0 Å². The summed E-state index contributed by atoms with van der Waals surface area (Å²) in [6.07, 6.45) is 15.7. The number of phenolic OH excluding ortho intramolecular Hbond substituents is 2. The van der Waals surface area contributed by atoms with Gasteiger partial charge in [0.1, 0.15) is 11.4 Å². The molecule has 4 bridgehead atoms. The molecule has 2 saturated heterocycles. The minimum atomic E-state index is -0.229. The van der Waals surface area contributed by atoms with Crippen molar-refractivity contribution in [1.29, 1.82) is 0 Å². The topological polar surface area (TPSA) is 136 Å². The van der Waals surface area contributed by atoms with Crippen LogP contribution in [0.25, 0.3) is 11.4 Å². The minimum Gasteiger partial charge on any atom is -0.504 e. The first-order valence-electron chi connectivity index (χ1n) is 22.0. The van der Waals surface area contributed by atoms with Gasteiger partial charge in [-0.3, -0.25) is 24.5 Å². The van der Waals surface area contributed by atoms with Crippen LogP contribution in [0, 0.1) is 34.5 Å². The average molecular weight is 888 g/mol. The van der Waals surface area contributed by atoms with Crippen molar-refractivity contribution in [3.63, 3.8) is 0 Å². The number of benzene rings is 1. The molecule has 9 nitrogen and oxygen atoms in total. The van der Waals surface area contributed by atoms with Crippen molar-refractivity contribution in [2.45, 2.75) is 132 Å². The fourth-order valence-corrected chi connectivity index (χ4v) is 9.54. The predicted octanol–water partition coefficient (Wildman–Crippen LogP) is 11.4. The number of hydrogen-bond donors (Lipinski definition) is 3. The predicted molar refractivity (Wildman–Crippen MR) is 245 cm³/mol. The van der Waals surface area contributed by atoms with Crippen molar-refractivity contribution in [3.05, 3.63) is 106 Å². The van der Waals surface area contributed by atoms with Crippen molar-refractivity contribution in [1.82, 2.24) is 14.9 Å². The molecule has 3 atom stereocenters. The molecule has 335 valence electrons. The Morgan fingerprint density at radius 2 is 1.27 bits per heavy atom. The SMILES string of the molecule is CC(C)(C)C1=CC(C(C)(C)C)C=C(O)C1=O.CC(C)(C)c1cc(O)c(O)c(C(C)(C)C)c1.CN1/C(=C/N=C2C(=O)c3cccnc3-c3ncccc32)C2CC3CC(C2)CC1C3.[Co]. The van der Waals surface area contributed by atoms with E-state index in [9.17, 15) is 24.9 Å². The molecule has 2 saturated carbocycles. The fourth-order valence-electron chi connectivity index (χ4n) is 9.54. The molecule has 1 radical (unpaired) electrons. The number of aliphatic hydroxyl groups excluding tert-OH is 1. The molecule has 10 heteroatoms. The van der Waals surface area contributed by atoms with Crippen LogP contribution in [0.2, 0.25) is 0 Å². The molecule has 1 aromatic carbocycles. The van der Waals surface area contributed by atoms with Gasteiger partial charge in [-0.15, -0.1) is 0 Å². The maximum absolute atomic E-state index is 13.2. The maximum atomic E-state index is 13.2. The van der Waals surface area contributed by atoms with Crippen molar-refractivity contribution < 1.29 is 41.7 Å². The number of pyridine rings is 2. The van der Waals surface area contributed by atoms with Gasteiger partial charge < -0.3 is 20.2 Å². The number of rotatable bonds is 1. The normalized spacial score (nSPS) is 24.4. The Balaban J connectivity index is 0.000000190. The number of phenols is 2. The summed E-state index contributed by atoms with van der Waals surface area (Å²) < 4.78 is 0. The van der Waals surface area contributed by atoms with Gasteiger partial charge in [-0.2, -0.15) is 0 Å². The molecule has 4 fully saturated rings. The molecule has 62 heavy (non-hydrogen) atoms. The molecular formula is C52H68CoN4O5. The third kappa shape index (κ3) is 10.3. The number of nitrogens with zero attached hydrogens (tertiary/aromatic N) is 4. The van der Waals surface area contributed by atoms with Crippen molar-refractivity contribution in [2.24, 2.45) is 39.5 Å². The number of aliphatic imine (C=N–C) groups is 1. The Kier molecular flexibility index (Phi) is 14.0. The second-order valence-electron chi connectivity index (χ2n) is 22.0. The number of fused-ring (bicyclic) bond motifs is 4. The summed E-state index contributed by atoms with van der Waals surface area (Å²) in [6.45, 7) is 24.6. The maximum Gasteiger partial charge on any atom is 0.223 e. The molecule has 3 unspecified atom stereocenters. The van der Waals surface area contributed by atoms with E-state index in [-0.39, 0.29) is 73.2 Å². The van der Waals surface area contributed by atoms with E-state index in [1.165, 1.54) is 37.8 Å². The Bertz CT molecular complexity index is 2300. The molecule has 3 N–H and O–H groups in total. The van der Waals surface area contributed by atoms with Gasteiger partial charge in [0, 0.05) is 82.7 Å². The van der Waals surface area contributed by atoms with Gasteiger partial charge in [-0.05, 0) is 108 Å². The summed E-state index contributed by atoms with van der Waals surface area (Å²) in [5.74, 6) is 1.97. The zero-order chi connectivity index (χ0) is 45.0. The molecule has 6 aliphatic rings. The number of hydrogen-bond acceptors (Lipinski definition) is 9. The molecule has 2 aromatic heterocycles. The third-order valence-electron chi connectivity index (χ3n) is 13.1. The molecule has 2 aliphatic heterocycles. The summed E-state index contributed by atoms with van der Waals surface area (Å²) in [7, 11) is 2.22. The summed E-state index contributed by atoms with van der Waals surface area (Å²) >= 11 is 0. The molecule has 4 heterocycles. The van der Waals surface area contributed by atoms with E-state index in [1.54, 1.807) is 30.6 Å². The monoisotopic (exact) mass is 887 g/mol. The summed E-state index contributed by atoms with van der Waals surface area (Å²) in [4.78, 5) is 41.3. The number of aromatic hydroxyl groups is 2.